The number of rotatable bonds is 4. The fourth-order valence-electron chi connectivity index (χ4n) is 2.86. The minimum Gasteiger partial charge on any atom is -0.482 e. The maximum atomic E-state index is 12.8. The minimum atomic E-state index is -1.04. The Kier molecular flexibility index (Phi) is 4.12. The number of fused-ring (bicyclic) bond motifs is 1. The Morgan fingerprint density at radius 2 is 1.96 bits per heavy atom. The number of carbonyl (C=O) groups is 5. The minimum absolute atomic E-state index is 0.0327. The molecule has 8 nitrogen and oxygen atoms in total. The average Bonchev–Trinajstić information content (AvgIpc) is 2.80. The van der Waals surface area contributed by atoms with E-state index in [1.54, 1.807) is 13.0 Å². The molecule has 8 heteroatoms. The van der Waals surface area contributed by atoms with Crippen molar-refractivity contribution in [2.24, 2.45) is 0 Å². The largest absolute Gasteiger partial charge is 0.482 e. The number of nitrogens with zero attached hydrogens (tertiary/aromatic N) is 1. The third kappa shape index (κ3) is 2.79. The van der Waals surface area contributed by atoms with Crippen molar-refractivity contribution in [2.45, 2.75) is 38.8 Å². The Bertz CT molecular complexity index is 815. The molecule has 1 saturated heterocycles. The fraction of sp³-hybridized carbons (Fsp3) is 0.353. The predicted octanol–water partition coefficient (Wildman–Crippen LogP) is 0.444. The number of hydrogen-bond donors (Lipinski definition) is 1. The molecule has 0 radical (unpaired) electrons. The lowest BCUT2D eigenvalue weighted by atomic mass is 10.0. The molecule has 0 bridgehead atoms. The molecular weight excluding hydrogens is 328 g/mol. The third-order valence-corrected chi connectivity index (χ3v) is 4.31. The monoisotopic (exact) mass is 344 g/mol. The van der Waals surface area contributed by atoms with Gasteiger partial charge in [0, 0.05) is 6.42 Å². The summed E-state index contributed by atoms with van der Waals surface area (Å²) in [5.41, 5.74) is 0.147. The van der Waals surface area contributed by atoms with Gasteiger partial charge in [-0.1, -0.05) is 6.07 Å². The van der Waals surface area contributed by atoms with E-state index in [-0.39, 0.29) is 35.5 Å². The van der Waals surface area contributed by atoms with E-state index in [0.717, 1.165) is 4.90 Å². The zero-order valence-electron chi connectivity index (χ0n) is 13.7. The van der Waals surface area contributed by atoms with Crippen LogP contribution in [0.5, 0.6) is 5.75 Å². The van der Waals surface area contributed by atoms with Crippen LogP contribution in [0.4, 0.5) is 0 Å². The van der Waals surface area contributed by atoms with Crippen LogP contribution in [0.3, 0.4) is 0 Å². The van der Waals surface area contributed by atoms with Crippen molar-refractivity contribution < 1.29 is 28.7 Å². The molecule has 2 atom stereocenters. The van der Waals surface area contributed by atoms with Gasteiger partial charge < -0.3 is 4.74 Å². The van der Waals surface area contributed by atoms with Crippen LogP contribution in [0.2, 0.25) is 0 Å². The molecule has 1 aromatic carbocycles. The molecule has 1 aromatic rings. The highest BCUT2D eigenvalue weighted by molar-refractivity contribution is 6.24. The third-order valence-electron chi connectivity index (χ3n) is 4.31. The number of amides is 4. The highest BCUT2D eigenvalue weighted by atomic mass is 16.5. The highest BCUT2D eigenvalue weighted by Gasteiger charge is 2.46. The Hall–Kier alpha value is -3.03. The number of hydrogen-bond acceptors (Lipinski definition) is 6. The van der Waals surface area contributed by atoms with E-state index in [2.05, 4.69) is 5.32 Å². The van der Waals surface area contributed by atoms with Crippen molar-refractivity contribution in [1.29, 1.82) is 0 Å². The van der Waals surface area contributed by atoms with Gasteiger partial charge in [0.1, 0.15) is 11.8 Å². The number of ether oxygens (including phenoxy) is 1. The molecule has 0 spiro atoms. The van der Waals surface area contributed by atoms with E-state index in [1.807, 2.05) is 0 Å². The molecule has 4 amide bonds. The summed E-state index contributed by atoms with van der Waals surface area (Å²) in [6.45, 7) is 2.90. The van der Waals surface area contributed by atoms with Gasteiger partial charge in [-0.2, -0.15) is 0 Å². The van der Waals surface area contributed by atoms with Gasteiger partial charge in [0.15, 0.2) is 11.9 Å². The molecule has 25 heavy (non-hydrogen) atoms. The van der Waals surface area contributed by atoms with Crippen LogP contribution in [-0.4, -0.2) is 46.5 Å². The second-order valence-electron chi connectivity index (χ2n) is 6.00. The lowest BCUT2D eigenvalue weighted by molar-refractivity contribution is -0.136. The van der Waals surface area contributed by atoms with Crippen LogP contribution in [0.15, 0.2) is 18.2 Å². The van der Waals surface area contributed by atoms with E-state index in [9.17, 15) is 24.0 Å². The van der Waals surface area contributed by atoms with Gasteiger partial charge in [-0.3, -0.25) is 34.2 Å². The van der Waals surface area contributed by atoms with Crippen molar-refractivity contribution in [2.75, 3.05) is 0 Å². The summed E-state index contributed by atoms with van der Waals surface area (Å²) >= 11 is 0. The second kappa shape index (κ2) is 6.12. The molecule has 2 unspecified atom stereocenters. The molecule has 2 aliphatic rings. The smallest absolute Gasteiger partial charge is 0.266 e. The molecule has 0 aromatic heterocycles. The molecule has 0 saturated carbocycles. The summed E-state index contributed by atoms with van der Waals surface area (Å²) < 4.78 is 5.51. The van der Waals surface area contributed by atoms with E-state index in [0.29, 0.717) is 0 Å². The van der Waals surface area contributed by atoms with Crippen LogP contribution in [0.25, 0.3) is 0 Å². The SMILES string of the molecule is CC(=O)C(C)Oc1cccc2c1C(=O)N(C1CCC(=O)NC1=O)C2=O. The fourth-order valence-corrected chi connectivity index (χ4v) is 2.86. The topological polar surface area (TPSA) is 110 Å². The number of benzene rings is 1. The lowest BCUT2D eigenvalue weighted by Crippen LogP contribution is -2.54. The van der Waals surface area contributed by atoms with Crippen molar-refractivity contribution in [3.05, 3.63) is 29.3 Å². The maximum absolute atomic E-state index is 12.8. The van der Waals surface area contributed by atoms with Gasteiger partial charge in [-0.25, -0.2) is 0 Å². The van der Waals surface area contributed by atoms with E-state index in [1.165, 1.54) is 19.1 Å². The first kappa shape index (κ1) is 16.8. The van der Waals surface area contributed by atoms with Crippen LogP contribution in [-0.2, 0) is 14.4 Å². The normalized spacial score (nSPS) is 21.0. The summed E-state index contributed by atoms with van der Waals surface area (Å²) in [4.78, 5) is 61.0. The Balaban J connectivity index is 1.95. The first-order valence-electron chi connectivity index (χ1n) is 7.83. The standard InChI is InChI=1S/C17H16N2O6/c1-8(20)9(2)25-12-5-3-4-10-14(12)17(24)19(16(10)23)11-6-7-13(21)18-15(11)22/h3-5,9,11H,6-7H2,1-2H3,(H,18,21,22). The molecule has 2 aliphatic heterocycles. The van der Waals surface area contributed by atoms with Gasteiger partial charge in [-0.05, 0) is 32.4 Å². The van der Waals surface area contributed by atoms with Gasteiger partial charge in [-0.15, -0.1) is 0 Å². The van der Waals surface area contributed by atoms with Gasteiger partial charge in [0.25, 0.3) is 11.8 Å². The summed E-state index contributed by atoms with van der Waals surface area (Å²) in [5.74, 6) is -2.50. The Labute approximate surface area is 143 Å². The number of ketones is 1. The molecule has 3 rings (SSSR count). The van der Waals surface area contributed by atoms with Crippen molar-refractivity contribution >= 4 is 29.4 Å². The second-order valence-corrected chi connectivity index (χ2v) is 6.00. The molecule has 1 fully saturated rings. The van der Waals surface area contributed by atoms with Crippen LogP contribution < -0.4 is 10.1 Å². The van der Waals surface area contributed by atoms with Gasteiger partial charge >= 0.3 is 0 Å². The zero-order valence-corrected chi connectivity index (χ0v) is 13.7. The number of nitrogens with one attached hydrogen (secondary N) is 1. The summed E-state index contributed by atoms with van der Waals surface area (Å²) in [5, 5.41) is 2.14. The van der Waals surface area contributed by atoms with Crippen LogP contribution in [0.1, 0.15) is 47.4 Å². The number of piperidine rings is 1. The summed E-state index contributed by atoms with van der Waals surface area (Å²) in [6, 6.07) is 3.47. The van der Waals surface area contributed by atoms with E-state index < -0.39 is 35.8 Å². The van der Waals surface area contributed by atoms with Crippen LogP contribution >= 0.6 is 0 Å². The first-order chi connectivity index (χ1) is 11.8. The number of carbonyl (C=O) groups excluding carboxylic acids is 5. The molecule has 130 valence electrons. The van der Waals surface area contributed by atoms with Crippen molar-refractivity contribution in [1.82, 2.24) is 10.2 Å². The average molecular weight is 344 g/mol. The molecule has 1 N–H and O–H groups in total. The molecular formula is C17H16N2O6. The zero-order chi connectivity index (χ0) is 18.3. The summed E-state index contributed by atoms with van der Waals surface area (Å²) in [7, 11) is 0. The first-order valence-corrected chi connectivity index (χ1v) is 7.83. The van der Waals surface area contributed by atoms with Gasteiger partial charge in [0.05, 0.1) is 11.1 Å². The van der Waals surface area contributed by atoms with E-state index >= 15 is 0 Å². The summed E-state index contributed by atoms with van der Waals surface area (Å²) in [6.07, 6.45) is -0.649. The van der Waals surface area contributed by atoms with Crippen molar-refractivity contribution in [3.8, 4) is 5.75 Å². The predicted molar refractivity (Wildman–Crippen MR) is 83.9 cm³/mol. The maximum Gasteiger partial charge on any atom is 0.266 e. The van der Waals surface area contributed by atoms with Crippen LogP contribution in [0, 0.1) is 0 Å². The Morgan fingerprint density at radius 3 is 2.60 bits per heavy atom. The molecule has 0 aliphatic carbocycles. The molecule has 2 heterocycles. The van der Waals surface area contributed by atoms with Crippen molar-refractivity contribution in [3.63, 3.8) is 0 Å². The van der Waals surface area contributed by atoms with Gasteiger partial charge in [0.2, 0.25) is 11.8 Å². The van der Waals surface area contributed by atoms with E-state index in [4.69, 9.17) is 4.74 Å². The quantitative estimate of drug-likeness (QED) is 0.794. The highest BCUT2D eigenvalue weighted by Crippen LogP contribution is 2.34. The number of Topliss-reactive ketones (excluding diaryl/α,β-unsaturated/α-hetero) is 1. The number of imide groups is 2. The lowest BCUT2D eigenvalue weighted by Gasteiger charge is -2.27. The Morgan fingerprint density at radius 1 is 1.24 bits per heavy atom.